The highest BCUT2D eigenvalue weighted by Gasteiger charge is 2.08. The molecule has 0 saturated carbocycles. The molecular formula is C24H34O3. The molecule has 0 aliphatic heterocycles. The van der Waals surface area contributed by atoms with Gasteiger partial charge in [-0.15, -0.1) is 0 Å². The van der Waals surface area contributed by atoms with Crippen LogP contribution in [-0.2, 0) is 22.6 Å². The van der Waals surface area contributed by atoms with E-state index in [0.717, 1.165) is 12.0 Å². The molecule has 2 rings (SSSR count). The number of rotatable bonds is 14. The van der Waals surface area contributed by atoms with Crippen molar-refractivity contribution < 1.29 is 14.9 Å². The van der Waals surface area contributed by atoms with Crippen molar-refractivity contribution in [3.63, 3.8) is 0 Å². The predicted molar refractivity (Wildman–Crippen MR) is 111 cm³/mol. The van der Waals surface area contributed by atoms with E-state index in [4.69, 9.17) is 9.78 Å². The van der Waals surface area contributed by atoms with Crippen LogP contribution in [-0.4, -0.2) is 17.8 Å². The smallest absolute Gasteiger partial charge is 0.118 e. The maximum Gasteiger partial charge on any atom is 0.118 e. The molecule has 1 unspecified atom stereocenters. The molecule has 0 spiro atoms. The van der Waals surface area contributed by atoms with Gasteiger partial charge in [0.1, 0.15) is 5.75 Å². The van der Waals surface area contributed by atoms with Crippen LogP contribution in [0.25, 0.3) is 0 Å². The van der Waals surface area contributed by atoms with E-state index >= 15 is 0 Å². The lowest BCUT2D eigenvalue weighted by atomic mass is 10.0. The zero-order chi connectivity index (χ0) is 19.2. The Kier molecular flexibility index (Phi) is 10.6. The predicted octanol–water partition coefficient (Wildman–Crippen LogP) is 6.24. The molecule has 0 bridgehead atoms. The number of para-hydroxylation sites is 1. The lowest BCUT2D eigenvalue weighted by Crippen LogP contribution is -2.12. The molecule has 3 heteroatoms. The van der Waals surface area contributed by atoms with E-state index in [-0.39, 0.29) is 6.10 Å². The van der Waals surface area contributed by atoms with Crippen LogP contribution < -0.4 is 0 Å². The molecule has 3 nitrogen and oxygen atoms in total. The van der Waals surface area contributed by atoms with Gasteiger partial charge in [-0.1, -0.05) is 80.6 Å². The van der Waals surface area contributed by atoms with E-state index in [1.807, 2.05) is 25.1 Å². The number of aryl methyl sites for hydroxylation is 1. The first-order valence-corrected chi connectivity index (χ1v) is 10.3. The molecule has 148 valence electrons. The maximum atomic E-state index is 9.77. The van der Waals surface area contributed by atoms with Gasteiger partial charge in [-0.05, 0) is 43.4 Å². The Hall–Kier alpha value is -1.84. The zero-order valence-corrected chi connectivity index (χ0v) is 16.6. The summed E-state index contributed by atoms with van der Waals surface area (Å²) in [4.78, 5) is 10.7. The Bertz CT molecular complexity index is 612. The summed E-state index contributed by atoms with van der Waals surface area (Å²) in [6.07, 6.45) is 10.5. The van der Waals surface area contributed by atoms with E-state index in [0.29, 0.717) is 18.8 Å². The SMILES string of the molecule is CC(Cc1ccccc1O)OOCCCCCCCCCc1ccccc1. The third-order valence-corrected chi connectivity index (χ3v) is 4.77. The van der Waals surface area contributed by atoms with Crippen LogP contribution in [0, 0.1) is 0 Å². The van der Waals surface area contributed by atoms with Gasteiger partial charge >= 0.3 is 0 Å². The third kappa shape index (κ3) is 9.60. The largest absolute Gasteiger partial charge is 0.508 e. The van der Waals surface area contributed by atoms with Gasteiger partial charge in [0.15, 0.2) is 0 Å². The first-order valence-electron chi connectivity index (χ1n) is 10.3. The molecular weight excluding hydrogens is 336 g/mol. The Morgan fingerprint density at radius 3 is 2.15 bits per heavy atom. The summed E-state index contributed by atoms with van der Waals surface area (Å²) in [5.74, 6) is 0.316. The molecule has 1 atom stereocenters. The quantitative estimate of drug-likeness (QED) is 0.243. The molecule has 2 aromatic carbocycles. The Morgan fingerprint density at radius 2 is 1.41 bits per heavy atom. The van der Waals surface area contributed by atoms with Crippen molar-refractivity contribution in [3.8, 4) is 5.75 Å². The van der Waals surface area contributed by atoms with E-state index < -0.39 is 0 Å². The van der Waals surface area contributed by atoms with Gasteiger partial charge in [0, 0.05) is 6.42 Å². The zero-order valence-electron chi connectivity index (χ0n) is 16.6. The molecule has 0 amide bonds. The average molecular weight is 371 g/mol. The third-order valence-electron chi connectivity index (χ3n) is 4.77. The second-order valence-corrected chi connectivity index (χ2v) is 7.27. The summed E-state index contributed by atoms with van der Waals surface area (Å²) in [5, 5.41) is 9.77. The van der Waals surface area contributed by atoms with E-state index in [2.05, 4.69) is 30.3 Å². The van der Waals surface area contributed by atoms with Gasteiger partial charge in [-0.25, -0.2) is 9.78 Å². The number of phenols is 1. The minimum atomic E-state index is -0.0667. The summed E-state index contributed by atoms with van der Waals surface area (Å²) in [6, 6.07) is 18.1. The highest BCUT2D eigenvalue weighted by molar-refractivity contribution is 5.32. The summed E-state index contributed by atoms with van der Waals surface area (Å²) in [5.41, 5.74) is 2.34. The van der Waals surface area contributed by atoms with Crippen LogP contribution in [0.3, 0.4) is 0 Å². The first kappa shape index (κ1) is 21.5. The molecule has 0 aromatic heterocycles. The number of phenolic OH excluding ortho intramolecular Hbond substituents is 1. The van der Waals surface area contributed by atoms with Crippen molar-refractivity contribution in [1.82, 2.24) is 0 Å². The van der Waals surface area contributed by atoms with Gasteiger partial charge in [-0.2, -0.15) is 0 Å². The van der Waals surface area contributed by atoms with Crippen molar-refractivity contribution >= 4 is 0 Å². The number of unbranched alkanes of at least 4 members (excludes halogenated alkanes) is 6. The second kappa shape index (κ2) is 13.3. The lowest BCUT2D eigenvalue weighted by Gasteiger charge is -2.12. The van der Waals surface area contributed by atoms with Crippen LogP contribution in [0.2, 0.25) is 0 Å². The van der Waals surface area contributed by atoms with Gasteiger partial charge in [0.25, 0.3) is 0 Å². The highest BCUT2D eigenvalue weighted by atomic mass is 17.2. The fourth-order valence-electron chi connectivity index (χ4n) is 3.21. The molecule has 27 heavy (non-hydrogen) atoms. The fourth-order valence-corrected chi connectivity index (χ4v) is 3.21. The lowest BCUT2D eigenvalue weighted by molar-refractivity contribution is -0.320. The Balaban J connectivity index is 1.38. The van der Waals surface area contributed by atoms with E-state index in [1.165, 1.54) is 50.5 Å². The molecule has 0 radical (unpaired) electrons. The number of aromatic hydroxyl groups is 1. The summed E-state index contributed by atoms with van der Waals surface area (Å²) in [6.45, 7) is 2.60. The maximum absolute atomic E-state index is 9.77. The van der Waals surface area contributed by atoms with Gasteiger partial charge in [-0.3, -0.25) is 0 Å². The first-order chi connectivity index (χ1) is 13.3. The number of benzene rings is 2. The molecule has 0 aliphatic rings. The van der Waals surface area contributed by atoms with Crippen LogP contribution in [0.4, 0.5) is 0 Å². The summed E-state index contributed by atoms with van der Waals surface area (Å²) in [7, 11) is 0. The van der Waals surface area contributed by atoms with Crippen LogP contribution in [0.15, 0.2) is 54.6 Å². The van der Waals surface area contributed by atoms with Crippen LogP contribution in [0.1, 0.15) is 63.0 Å². The van der Waals surface area contributed by atoms with Crippen molar-refractivity contribution in [2.75, 3.05) is 6.61 Å². The van der Waals surface area contributed by atoms with Gasteiger partial charge < -0.3 is 5.11 Å². The van der Waals surface area contributed by atoms with Gasteiger partial charge in [0.05, 0.1) is 12.7 Å². The second-order valence-electron chi connectivity index (χ2n) is 7.27. The molecule has 0 fully saturated rings. The van der Waals surface area contributed by atoms with E-state index in [1.54, 1.807) is 6.07 Å². The molecule has 0 heterocycles. The molecule has 0 saturated heterocycles. The minimum Gasteiger partial charge on any atom is -0.508 e. The summed E-state index contributed by atoms with van der Waals surface area (Å²) >= 11 is 0. The average Bonchev–Trinajstić information content (AvgIpc) is 2.68. The normalized spacial score (nSPS) is 12.2. The monoisotopic (exact) mass is 370 g/mol. The number of hydrogen-bond donors (Lipinski definition) is 1. The molecule has 1 N–H and O–H groups in total. The molecule has 2 aromatic rings. The van der Waals surface area contributed by atoms with Crippen molar-refractivity contribution in [1.29, 1.82) is 0 Å². The van der Waals surface area contributed by atoms with Crippen molar-refractivity contribution in [3.05, 3.63) is 65.7 Å². The summed E-state index contributed by atoms with van der Waals surface area (Å²) < 4.78 is 0. The van der Waals surface area contributed by atoms with Gasteiger partial charge in [0.2, 0.25) is 0 Å². The van der Waals surface area contributed by atoms with Crippen LogP contribution in [0.5, 0.6) is 5.75 Å². The molecule has 0 aliphatic carbocycles. The number of hydrogen-bond acceptors (Lipinski definition) is 3. The van der Waals surface area contributed by atoms with E-state index in [9.17, 15) is 5.11 Å². The van der Waals surface area contributed by atoms with Crippen LogP contribution >= 0.6 is 0 Å². The van der Waals surface area contributed by atoms with Crippen molar-refractivity contribution in [2.45, 2.75) is 70.8 Å². The highest BCUT2D eigenvalue weighted by Crippen LogP contribution is 2.18. The topological polar surface area (TPSA) is 38.7 Å². The standard InChI is InChI=1S/C24H34O3/c1-21(20-23-17-11-12-18-24(23)25)27-26-19-13-6-4-2-3-5-8-14-22-15-9-7-10-16-22/h7,9-12,15-18,21,25H,2-6,8,13-14,19-20H2,1H3. The Labute approximate surface area is 164 Å². The fraction of sp³-hybridized carbons (Fsp3) is 0.500. The minimum absolute atomic E-state index is 0.0667. The van der Waals surface area contributed by atoms with Crippen molar-refractivity contribution in [2.24, 2.45) is 0 Å². The Morgan fingerprint density at radius 1 is 0.778 bits per heavy atom.